The van der Waals surface area contributed by atoms with Crippen molar-refractivity contribution in [1.82, 2.24) is 4.57 Å². The molecule has 7 aromatic carbocycles. The minimum absolute atomic E-state index is 0.922. The van der Waals surface area contributed by atoms with Gasteiger partial charge in [0.1, 0.15) is 0 Å². The van der Waals surface area contributed by atoms with Crippen molar-refractivity contribution in [2.75, 3.05) is 0 Å². The van der Waals surface area contributed by atoms with E-state index >= 15 is 0 Å². The van der Waals surface area contributed by atoms with Crippen molar-refractivity contribution < 1.29 is 0 Å². The van der Waals surface area contributed by atoms with Crippen molar-refractivity contribution in [3.63, 3.8) is 0 Å². The van der Waals surface area contributed by atoms with Gasteiger partial charge < -0.3 is 4.57 Å². The van der Waals surface area contributed by atoms with E-state index in [2.05, 4.69) is 157 Å². The summed E-state index contributed by atoms with van der Waals surface area (Å²) in [4.78, 5) is 0. The van der Waals surface area contributed by atoms with Gasteiger partial charge >= 0.3 is 0 Å². The molecule has 0 spiro atoms. The van der Waals surface area contributed by atoms with Gasteiger partial charge in [0.25, 0.3) is 0 Å². The van der Waals surface area contributed by atoms with E-state index in [1.807, 2.05) is 0 Å². The Labute approximate surface area is 245 Å². The molecule has 0 aliphatic heterocycles. The summed E-state index contributed by atoms with van der Waals surface area (Å²) in [6.45, 7) is 2.16. The number of nitrogens with zero attached hydrogens (tertiary/aromatic N) is 1. The van der Waals surface area contributed by atoms with Crippen LogP contribution in [0.1, 0.15) is 18.9 Å². The van der Waals surface area contributed by atoms with Crippen molar-refractivity contribution in [2.24, 2.45) is 0 Å². The Hall–Kier alpha value is -5.14. The van der Waals surface area contributed by atoms with Crippen LogP contribution in [0, 0.1) is 0 Å². The third-order valence-corrected chi connectivity index (χ3v) is 8.68. The summed E-state index contributed by atoms with van der Waals surface area (Å²) in [5, 5.41) is 13.0. The smallest absolute Gasteiger partial charge is 0.0626 e. The van der Waals surface area contributed by atoms with Crippen LogP contribution < -0.4 is 0 Å². The lowest BCUT2D eigenvalue weighted by molar-refractivity contribution is 1.17. The standard InChI is InChI=1S/C41H31N/c1-2-3-4-5-6-13-28-20-24-31(25-21-28)42-37-27-23-30-15-8-10-17-33(30)39(37)40-38-32-16-9-7-14-29(32)22-26-35(38)34-18-11-12-19-36(34)41(40)42/h3-12,14-27H,2,13H2,1H3/b4-3-,6-5-. The molecular weight excluding hydrogens is 506 g/mol. The molecule has 0 atom stereocenters. The van der Waals surface area contributed by atoms with E-state index in [1.165, 1.54) is 76.1 Å². The van der Waals surface area contributed by atoms with E-state index < -0.39 is 0 Å². The Bertz CT molecular complexity index is 2350. The number of hydrogen-bond donors (Lipinski definition) is 0. The van der Waals surface area contributed by atoms with E-state index in [-0.39, 0.29) is 0 Å². The van der Waals surface area contributed by atoms with Crippen LogP contribution in [-0.4, -0.2) is 4.57 Å². The first-order valence-electron chi connectivity index (χ1n) is 14.9. The molecule has 0 radical (unpaired) electrons. The SMILES string of the molecule is CC/C=C\C=C/Cc1ccc(-n2c3ccc4ccccc4c3c3c4c5ccccc5ccc4c4ccccc4c32)cc1. The first-order valence-corrected chi connectivity index (χ1v) is 14.9. The molecule has 0 saturated heterocycles. The van der Waals surface area contributed by atoms with E-state index in [9.17, 15) is 0 Å². The minimum atomic E-state index is 0.922. The van der Waals surface area contributed by atoms with Gasteiger partial charge in [-0.3, -0.25) is 0 Å². The van der Waals surface area contributed by atoms with Crippen LogP contribution in [0.2, 0.25) is 0 Å². The fourth-order valence-electron chi connectivity index (χ4n) is 6.79. The molecule has 1 heterocycles. The van der Waals surface area contributed by atoms with Crippen molar-refractivity contribution in [2.45, 2.75) is 19.8 Å². The summed E-state index contributed by atoms with van der Waals surface area (Å²) < 4.78 is 2.50. The summed E-state index contributed by atoms with van der Waals surface area (Å²) >= 11 is 0. The molecule has 8 rings (SSSR count). The van der Waals surface area contributed by atoms with Gasteiger partial charge in [-0.05, 0) is 68.9 Å². The Balaban J connectivity index is 1.52. The average molecular weight is 538 g/mol. The van der Waals surface area contributed by atoms with Gasteiger partial charge in [-0.1, -0.05) is 134 Å². The zero-order valence-corrected chi connectivity index (χ0v) is 23.7. The molecule has 0 aliphatic carbocycles. The van der Waals surface area contributed by atoms with Crippen molar-refractivity contribution in [3.8, 4) is 5.69 Å². The van der Waals surface area contributed by atoms with Crippen LogP contribution in [-0.2, 0) is 6.42 Å². The van der Waals surface area contributed by atoms with Crippen LogP contribution in [0.3, 0.4) is 0 Å². The van der Waals surface area contributed by atoms with E-state index in [1.54, 1.807) is 0 Å². The summed E-state index contributed by atoms with van der Waals surface area (Å²) in [7, 11) is 0. The number of hydrogen-bond acceptors (Lipinski definition) is 0. The molecule has 1 heteroatoms. The van der Waals surface area contributed by atoms with Crippen molar-refractivity contribution >= 4 is 64.9 Å². The zero-order valence-electron chi connectivity index (χ0n) is 23.7. The summed E-state index contributed by atoms with van der Waals surface area (Å²) in [6.07, 6.45) is 10.7. The van der Waals surface area contributed by atoms with E-state index in [0.29, 0.717) is 0 Å². The summed E-state index contributed by atoms with van der Waals surface area (Å²) in [5.41, 5.74) is 5.02. The molecule has 0 fully saturated rings. The van der Waals surface area contributed by atoms with Crippen LogP contribution in [0.4, 0.5) is 0 Å². The number of rotatable bonds is 5. The van der Waals surface area contributed by atoms with Crippen LogP contribution in [0.25, 0.3) is 70.6 Å². The highest BCUT2D eigenvalue weighted by molar-refractivity contribution is 6.39. The molecule has 0 bridgehead atoms. The Morgan fingerprint density at radius 2 is 1.12 bits per heavy atom. The predicted molar refractivity (Wildman–Crippen MR) is 183 cm³/mol. The van der Waals surface area contributed by atoms with Crippen molar-refractivity contribution in [3.05, 3.63) is 151 Å². The first-order chi connectivity index (χ1) is 20.8. The average Bonchev–Trinajstić information content (AvgIpc) is 3.41. The largest absolute Gasteiger partial charge is 0.309 e. The molecular formula is C41H31N. The lowest BCUT2D eigenvalue weighted by atomic mass is 9.92. The Morgan fingerprint density at radius 1 is 0.500 bits per heavy atom. The van der Waals surface area contributed by atoms with Gasteiger partial charge in [-0.15, -0.1) is 0 Å². The van der Waals surface area contributed by atoms with Crippen LogP contribution in [0.5, 0.6) is 0 Å². The fraction of sp³-hybridized carbons (Fsp3) is 0.0732. The molecule has 0 amide bonds. The van der Waals surface area contributed by atoms with Crippen LogP contribution in [0.15, 0.2) is 146 Å². The van der Waals surface area contributed by atoms with Crippen molar-refractivity contribution in [1.29, 1.82) is 0 Å². The molecule has 1 nitrogen and oxygen atoms in total. The fourth-order valence-corrected chi connectivity index (χ4v) is 6.79. The molecule has 8 aromatic rings. The number of fused-ring (bicyclic) bond motifs is 12. The lowest BCUT2D eigenvalue weighted by Gasteiger charge is -2.14. The maximum absolute atomic E-state index is 2.50. The highest BCUT2D eigenvalue weighted by Crippen LogP contribution is 2.46. The van der Waals surface area contributed by atoms with Gasteiger partial charge in [0.15, 0.2) is 0 Å². The monoisotopic (exact) mass is 537 g/mol. The lowest BCUT2D eigenvalue weighted by Crippen LogP contribution is -1.95. The molecule has 42 heavy (non-hydrogen) atoms. The van der Waals surface area contributed by atoms with Gasteiger partial charge in [0, 0.05) is 27.2 Å². The molecule has 0 saturated carbocycles. The predicted octanol–water partition coefficient (Wildman–Crippen LogP) is 11.5. The maximum Gasteiger partial charge on any atom is 0.0626 e. The highest BCUT2D eigenvalue weighted by atomic mass is 15.0. The first kappa shape index (κ1) is 24.6. The molecule has 0 aliphatic rings. The summed E-state index contributed by atoms with van der Waals surface area (Å²) in [5.74, 6) is 0. The Morgan fingerprint density at radius 3 is 1.86 bits per heavy atom. The molecule has 0 unspecified atom stereocenters. The van der Waals surface area contributed by atoms with E-state index in [4.69, 9.17) is 0 Å². The third kappa shape index (κ3) is 3.78. The second-order valence-electron chi connectivity index (χ2n) is 11.1. The Kier molecular flexibility index (Phi) is 5.89. The number of aromatic nitrogens is 1. The zero-order chi connectivity index (χ0) is 28.0. The second-order valence-corrected chi connectivity index (χ2v) is 11.1. The third-order valence-electron chi connectivity index (χ3n) is 8.68. The van der Waals surface area contributed by atoms with Gasteiger partial charge in [0.2, 0.25) is 0 Å². The highest BCUT2D eigenvalue weighted by Gasteiger charge is 2.21. The molecule has 1 aromatic heterocycles. The second kappa shape index (κ2) is 10.0. The molecule has 0 N–H and O–H groups in total. The van der Waals surface area contributed by atoms with Gasteiger partial charge in [-0.25, -0.2) is 0 Å². The van der Waals surface area contributed by atoms with Crippen LogP contribution >= 0.6 is 0 Å². The number of benzene rings is 7. The quantitative estimate of drug-likeness (QED) is 0.152. The summed E-state index contributed by atoms with van der Waals surface area (Å²) in [6, 6.07) is 44.9. The molecule has 200 valence electrons. The van der Waals surface area contributed by atoms with E-state index in [0.717, 1.165) is 12.8 Å². The normalized spacial score (nSPS) is 12.4. The number of allylic oxidation sites excluding steroid dienone is 4. The van der Waals surface area contributed by atoms with Gasteiger partial charge in [0.05, 0.1) is 11.0 Å². The minimum Gasteiger partial charge on any atom is -0.309 e. The topological polar surface area (TPSA) is 4.93 Å². The maximum atomic E-state index is 2.50. The van der Waals surface area contributed by atoms with Gasteiger partial charge in [-0.2, -0.15) is 0 Å².